The first kappa shape index (κ1) is 11.3. The summed E-state index contributed by atoms with van der Waals surface area (Å²) in [6.07, 6.45) is 7.75. The normalized spacial score (nSPS) is 17.4. The van der Waals surface area contributed by atoms with E-state index < -0.39 is 0 Å². The molecule has 1 nitrogen and oxygen atoms in total. The van der Waals surface area contributed by atoms with E-state index in [-0.39, 0.29) is 5.60 Å². The predicted octanol–water partition coefficient (Wildman–Crippen LogP) is 4.21. The zero-order valence-electron chi connectivity index (χ0n) is 10.4. The fourth-order valence-corrected chi connectivity index (χ4v) is 2.15. The SMILES string of the molecule is CCCC=Cc1cccc2c1OC(C)(C)C2. The van der Waals surface area contributed by atoms with Gasteiger partial charge in [0.05, 0.1) is 0 Å². The van der Waals surface area contributed by atoms with Crippen molar-refractivity contribution in [2.75, 3.05) is 0 Å². The van der Waals surface area contributed by atoms with Crippen molar-refractivity contribution in [3.05, 3.63) is 35.4 Å². The van der Waals surface area contributed by atoms with Gasteiger partial charge in [0.2, 0.25) is 0 Å². The van der Waals surface area contributed by atoms with E-state index in [0.29, 0.717) is 0 Å². The van der Waals surface area contributed by atoms with Crippen molar-refractivity contribution in [1.29, 1.82) is 0 Å². The molecule has 0 N–H and O–H groups in total. The van der Waals surface area contributed by atoms with E-state index in [0.717, 1.165) is 18.6 Å². The molecule has 0 spiro atoms. The van der Waals surface area contributed by atoms with Gasteiger partial charge >= 0.3 is 0 Å². The zero-order chi connectivity index (χ0) is 11.6. The van der Waals surface area contributed by atoms with Gasteiger partial charge in [-0.15, -0.1) is 0 Å². The third-order valence-electron chi connectivity index (χ3n) is 2.87. The summed E-state index contributed by atoms with van der Waals surface area (Å²) in [5.41, 5.74) is 2.51. The summed E-state index contributed by atoms with van der Waals surface area (Å²) in [5.74, 6) is 1.08. The molecule has 1 aromatic rings. The first-order valence-corrected chi connectivity index (χ1v) is 6.10. The van der Waals surface area contributed by atoms with Gasteiger partial charge in [-0.1, -0.05) is 43.7 Å². The Bertz CT molecular complexity index is 402. The molecule has 0 atom stereocenters. The highest BCUT2D eigenvalue weighted by Gasteiger charge is 2.30. The van der Waals surface area contributed by atoms with Gasteiger partial charge in [0.15, 0.2) is 0 Å². The summed E-state index contributed by atoms with van der Waals surface area (Å²) >= 11 is 0. The van der Waals surface area contributed by atoms with E-state index in [1.54, 1.807) is 0 Å². The number of allylic oxidation sites excluding steroid dienone is 1. The smallest absolute Gasteiger partial charge is 0.130 e. The van der Waals surface area contributed by atoms with Crippen LogP contribution in [0.15, 0.2) is 24.3 Å². The number of para-hydroxylation sites is 1. The molecule has 0 bridgehead atoms. The minimum absolute atomic E-state index is 0.0446. The minimum Gasteiger partial charge on any atom is -0.487 e. The van der Waals surface area contributed by atoms with Crippen molar-refractivity contribution in [3.63, 3.8) is 0 Å². The number of ether oxygens (including phenoxy) is 1. The van der Waals surface area contributed by atoms with Gasteiger partial charge in [0.1, 0.15) is 11.4 Å². The summed E-state index contributed by atoms with van der Waals surface area (Å²) in [6, 6.07) is 6.42. The fraction of sp³-hybridized carbons (Fsp3) is 0.467. The Morgan fingerprint density at radius 3 is 2.94 bits per heavy atom. The molecule has 0 saturated carbocycles. The third-order valence-corrected chi connectivity index (χ3v) is 2.87. The minimum atomic E-state index is -0.0446. The van der Waals surface area contributed by atoms with Crippen LogP contribution in [0, 0.1) is 0 Å². The molecule has 2 rings (SSSR count). The van der Waals surface area contributed by atoms with Crippen LogP contribution < -0.4 is 4.74 Å². The van der Waals surface area contributed by atoms with Gasteiger partial charge < -0.3 is 4.74 Å². The van der Waals surface area contributed by atoms with E-state index in [1.807, 2.05) is 0 Å². The summed E-state index contributed by atoms with van der Waals surface area (Å²) in [7, 11) is 0. The van der Waals surface area contributed by atoms with Crippen LogP contribution in [-0.4, -0.2) is 5.60 Å². The second-order valence-corrected chi connectivity index (χ2v) is 5.07. The molecule has 1 aliphatic heterocycles. The molecule has 0 unspecified atom stereocenters. The number of benzene rings is 1. The van der Waals surface area contributed by atoms with E-state index in [2.05, 4.69) is 51.1 Å². The molecular formula is C15H20O. The molecule has 1 aromatic carbocycles. The van der Waals surface area contributed by atoms with Crippen LogP contribution in [0.3, 0.4) is 0 Å². The van der Waals surface area contributed by atoms with Crippen LogP contribution in [0.25, 0.3) is 6.08 Å². The standard InChI is InChI=1S/C15H20O/c1-4-5-6-8-12-9-7-10-13-11-15(2,3)16-14(12)13/h6-10H,4-5,11H2,1-3H3. The topological polar surface area (TPSA) is 9.23 Å². The van der Waals surface area contributed by atoms with Crippen molar-refractivity contribution in [1.82, 2.24) is 0 Å². The lowest BCUT2D eigenvalue weighted by atomic mass is 10.0. The molecule has 0 aliphatic carbocycles. The second kappa shape index (κ2) is 4.32. The van der Waals surface area contributed by atoms with Crippen molar-refractivity contribution in [3.8, 4) is 5.75 Å². The highest BCUT2D eigenvalue weighted by molar-refractivity contribution is 5.61. The van der Waals surface area contributed by atoms with Crippen LogP contribution in [-0.2, 0) is 6.42 Å². The monoisotopic (exact) mass is 216 g/mol. The van der Waals surface area contributed by atoms with Crippen molar-refractivity contribution in [2.24, 2.45) is 0 Å². The summed E-state index contributed by atoms with van der Waals surface area (Å²) < 4.78 is 6.00. The summed E-state index contributed by atoms with van der Waals surface area (Å²) in [5, 5.41) is 0. The maximum atomic E-state index is 6.00. The molecule has 0 saturated heterocycles. The second-order valence-electron chi connectivity index (χ2n) is 5.07. The molecule has 0 amide bonds. The van der Waals surface area contributed by atoms with Crippen molar-refractivity contribution >= 4 is 6.08 Å². The van der Waals surface area contributed by atoms with E-state index in [4.69, 9.17) is 4.74 Å². The van der Waals surface area contributed by atoms with E-state index in [9.17, 15) is 0 Å². The van der Waals surface area contributed by atoms with Gasteiger partial charge in [-0.25, -0.2) is 0 Å². The fourth-order valence-electron chi connectivity index (χ4n) is 2.15. The number of hydrogen-bond donors (Lipinski definition) is 0. The Labute approximate surface area is 98.1 Å². The molecule has 86 valence electrons. The Kier molecular flexibility index (Phi) is 3.04. The lowest BCUT2D eigenvalue weighted by molar-refractivity contribution is 0.138. The van der Waals surface area contributed by atoms with E-state index >= 15 is 0 Å². The van der Waals surface area contributed by atoms with Crippen LogP contribution >= 0.6 is 0 Å². The molecular weight excluding hydrogens is 196 g/mol. The molecule has 0 fully saturated rings. The van der Waals surface area contributed by atoms with Crippen LogP contribution in [0.5, 0.6) is 5.75 Å². The molecule has 1 heterocycles. The van der Waals surface area contributed by atoms with Crippen LogP contribution in [0.1, 0.15) is 44.7 Å². The third kappa shape index (κ3) is 2.29. The van der Waals surface area contributed by atoms with Gasteiger partial charge in [-0.05, 0) is 25.8 Å². The Hall–Kier alpha value is -1.24. The lowest BCUT2D eigenvalue weighted by Gasteiger charge is -2.17. The Morgan fingerprint density at radius 2 is 2.19 bits per heavy atom. The van der Waals surface area contributed by atoms with Gasteiger partial charge in [-0.2, -0.15) is 0 Å². The molecule has 0 radical (unpaired) electrons. The molecule has 1 heteroatoms. The lowest BCUT2D eigenvalue weighted by Crippen LogP contribution is -2.24. The van der Waals surface area contributed by atoms with Gasteiger partial charge in [0, 0.05) is 12.0 Å². The average Bonchev–Trinajstić information content (AvgIpc) is 2.53. The van der Waals surface area contributed by atoms with Crippen LogP contribution in [0.4, 0.5) is 0 Å². The maximum Gasteiger partial charge on any atom is 0.130 e. The number of hydrogen-bond acceptors (Lipinski definition) is 1. The molecule has 0 aromatic heterocycles. The highest BCUT2D eigenvalue weighted by Crippen LogP contribution is 2.38. The Balaban J connectivity index is 2.26. The number of fused-ring (bicyclic) bond motifs is 1. The molecule has 16 heavy (non-hydrogen) atoms. The summed E-state index contributed by atoms with van der Waals surface area (Å²) in [6.45, 7) is 6.48. The molecule has 1 aliphatic rings. The highest BCUT2D eigenvalue weighted by atomic mass is 16.5. The predicted molar refractivity (Wildman–Crippen MR) is 68.8 cm³/mol. The zero-order valence-corrected chi connectivity index (χ0v) is 10.4. The maximum absolute atomic E-state index is 6.00. The largest absolute Gasteiger partial charge is 0.487 e. The quantitative estimate of drug-likeness (QED) is 0.735. The van der Waals surface area contributed by atoms with E-state index in [1.165, 1.54) is 17.5 Å². The van der Waals surface area contributed by atoms with Gasteiger partial charge in [0.25, 0.3) is 0 Å². The first-order valence-electron chi connectivity index (χ1n) is 6.10. The van der Waals surface area contributed by atoms with Crippen molar-refractivity contribution in [2.45, 2.75) is 45.6 Å². The summed E-state index contributed by atoms with van der Waals surface area (Å²) in [4.78, 5) is 0. The number of rotatable bonds is 3. The van der Waals surface area contributed by atoms with Crippen molar-refractivity contribution < 1.29 is 4.74 Å². The van der Waals surface area contributed by atoms with Gasteiger partial charge in [-0.3, -0.25) is 0 Å². The Morgan fingerprint density at radius 1 is 1.38 bits per heavy atom. The number of unbranched alkanes of at least 4 members (excludes halogenated alkanes) is 1. The van der Waals surface area contributed by atoms with Crippen LogP contribution in [0.2, 0.25) is 0 Å². The average molecular weight is 216 g/mol. The first-order chi connectivity index (χ1) is 7.62.